The van der Waals surface area contributed by atoms with E-state index in [0.29, 0.717) is 10.7 Å². The third-order valence-corrected chi connectivity index (χ3v) is 3.45. The van der Waals surface area contributed by atoms with Gasteiger partial charge < -0.3 is 5.73 Å². The molecule has 0 amide bonds. The van der Waals surface area contributed by atoms with Crippen molar-refractivity contribution in [2.45, 2.75) is 0 Å². The van der Waals surface area contributed by atoms with Gasteiger partial charge in [0, 0.05) is 12.6 Å². The average Bonchev–Trinajstić information content (AvgIpc) is 2.15. The molecule has 4 nitrogen and oxygen atoms in total. The minimum Gasteiger partial charge on any atom is -0.389 e. The van der Waals surface area contributed by atoms with Crippen molar-refractivity contribution in [1.82, 2.24) is 0 Å². The summed E-state index contributed by atoms with van der Waals surface area (Å²) in [5.74, 6) is 0. The third kappa shape index (κ3) is 2.90. The minimum absolute atomic E-state index is 0.295. The van der Waals surface area contributed by atoms with Gasteiger partial charge in [0.25, 0.3) is 0 Å². The van der Waals surface area contributed by atoms with E-state index in [4.69, 9.17) is 18.0 Å². The second-order valence-corrected chi connectivity index (χ2v) is 5.60. The molecule has 0 radical (unpaired) electrons. The Morgan fingerprint density at radius 1 is 1.33 bits per heavy atom. The Morgan fingerprint density at radius 2 is 1.80 bits per heavy atom. The van der Waals surface area contributed by atoms with Gasteiger partial charge in [-0.3, -0.25) is 4.31 Å². The molecule has 0 aromatic heterocycles. The monoisotopic (exact) mass is 244 g/mol. The van der Waals surface area contributed by atoms with Gasteiger partial charge in [0.05, 0.1) is 11.9 Å². The van der Waals surface area contributed by atoms with E-state index in [0.717, 1.165) is 11.8 Å². The van der Waals surface area contributed by atoms with Gasteiger partial charge in [-0.05, 0) is 24.3 Å². The van der Waals surface area contributed by atoms with Crippen molar-refractivity contribution in [1.29, 1.82) is 0 Å². The number of rotatable bonds is 3. The summed E-state index contributed by atoms with van der Waals surface area (Å²) in [7, 11) is -1.73. The Kier molecular flexibility index (Phi) is 3.31. The summed E-state index contributed by atoms with van der Waals surface area (Å²) < 4.78 is 23.6. The van der Waals surface area contributed by atoms with Crippen LogP contribution < -0.4 is 10.0 Å². The lowest BCUT2D eigenvalue weighted by atomic mass is 10.2. The van der Waals surface area contributed by atoms with E-state index in [-0.39, 0.29) is 0 Å². The summed E-state index contributed by atoms with van der Waals surface area (Å²) in [6.07, 6.45) is 1.15. The number of nitrogens with zero attached hydrogens (tertiary/aromatic N) is 1. The molecule has 0 heterocycles. The predicted molar refractivity (Wildman–Crippen MR) is 65.6 cm³/mol. The average molecular weight is 244 g/mol. The maximum atomic E-state index is 11.2. The Bertz CT molecular complexity index is 465. The zero-order valence-electron chi connectivity index (χ0n) is 8.47. The highest BCUT2D eigenvalue weighted by Gasteiger charge is 2.11. The summed E-state index contributed by atoms with van der Waals surface area (Å²) >= 11 is 4.79. The van der Waals surface area contributed by atoms with Gasteiger partial charge in [-0.1, -0.05) is 12.2 Å². The van der Waals surface area contributed by atoms with Gasteiger partial charge in [-0.2, -0.15) is 0 Å². The van der Waals surface area contributed by atoms with E-state index in [9.17, 15) is 8.42 Å². The first kappa shape index (κ1) is 11.9. The molecule has 0 aliphatic heterocycles. The Hall–Kier alpha value is -1.14. The largest absolute Gasteiger partial charge is 0.389 e. The topological polar surface area (TPSA) is 63.4 Å². The van der Waals surface area contributed by atoms with Crippen molar-refractivity contribution in [3.63, 3.8) is 0 Å². The van der Waals surface area contributed by atoms with Gasteiger partial charge in [-0.25, -0.2) is 8.42 Å². The molecule has 1 rings (SSSR count). The number of nitrogens with two attached hydrogens (primary N) is 1. The number of anilines is 1. The second-order valence-electron chi connectivity index (χ2n) is 3.14. The molecule has 1 aromatic carbocycles. The molecule has 0 aliphatic rings. The first-order valence-corrected chi connectivity index (χ1v) is 6.42. The third-order valence-electron chi connectivity index (χ3n) is 2.01. The van der Waals surface area contributed by atoms with Crippen LogP contribution in [0.4, 0.5) is 5.69 Å². The fourth-order valence-electron chi connectivity index (χ4n) is 1.03. The van der Waals surface area contributed by atoms with Crippen LogP contribution in [0.1, 0.15) is 5.56 Å². The van der Waals surface area contributed by atoms with E-state index in [1.807, 2.05) is 0 Å². The molecule has 6 heteroatoms. The molecule has 0 spiro atoms. The van der Waals surface area contributed by atoms with Crippen LogP contribution in [0.5, 0.6) is 0 Å². The molecule has 1 aromatic rings. The summed E-state index contributed by atoms with van der Waals surface area (Å²) in [5, 5.41) is 0. The van der Waals surface area contributed by atoms with Crippen LogP contribution in [0, 0.1) is 0 Å². The lowest BCUT2D eigenvalue weighted by Crippen LogP contribution is -2.24. The van der Waals surface area contributed by atoms with Crippen LogP contribution in [0.25, 0.3) is 0 Å². The molecule has 0 bridgehead atoms. The van der Waals surface area contributed by atoms with Crippen molar-refractivity contribution in [3.05, 3.63) is 29.8 Å². The quantitative estimate of drug-likeness (QED) is 0.796. The highest BCUT2D eigenvalue weighted by Crippen LogP contribution is 2.16. The molecule has 0 aliphatic carbocycles. The highest BCUT2D eigenvalue weighted by atomic mass is 32.2. The summed E-state index contributed by atoms with van der Waals surface area (Å²) in [6.45, 7) is 0. The van der Waals surface area contributed by atoms with E-state index in [2.05, 4.69) is 0 Å². The van der Waals surface area contributed by atoms with Crippen LogP contribution in [0.3, 0.4) is 0 Å². The zero-order valence-corrected chi connectivity index (χ0v) is 10.1. The normalized spacial score (nSPS) is 11.1. The zero-order chi connectivity index (χ0) is 11.6. The smallest absolute Gasteiger partial charge is 0.231 e. The molecule has 0 unspecified atom stereocenters. The van der Waals surface area contributed by atoms with Gasteiger partial charge in [-0.15, -0.1) is 0 Å². The summed E-state index contributed by atoms with van der Waals surface area (Å²) in [5.41, 5.74) is 6.72. The second kappa shape index (κ2) is 4.16. The molecule has 0 fully saturated rings. The lowest BCUT2D eigenvalue weighted by molar-refractivity contribution is 0.600. The SMILES string of the molecule is CN(c1ccc(C(N)=S)cc1)S(C)(=O)=O. The van der Waals surface area contributed by atoms with Gasteiger partial charge in [0.2, 0.25) is 10.0 Å². The van der Waals surface area contributed by atoms with Crippen molar-refractivity contribution in [2.24, 2.45) is 5.73 Å². The van der Waals surface area contributed by atoms with Crippen LogP contribution in [-0.4, -0.2) is 26.7 Å². The Morgan fingerprint density at radius 3 is 2.13 bits per heavy atom. The Labute approximate surface area is 94.7 Å². The Balaban J connectivity index is 3.05. The summed E-state index contributed by atoms with van der Waals surface area (Å²) in [6, 6.07) is 6.71. The molecule has 0 saturated heterocycles. The molecular formula is C9H12N2O2S2. The fourth-order valence-corrected chi connectivity index (χ4v) is 1.67. The van der Waals surface area contributed by atoms with Crippen LogP contribution >= 0.6 is 12.2 Å². The standard InChI is InChI=1S/C9H12N2O2S2/c1-11(15(2,12)13)8-5-3-7(4-6-8)9(10)14/h3-6H,1-2H3,(H2,10,14). The predicted octanol–water partition coefficient (Wildman–Crippen LogP) is 0.717. The van der Waals surface area contributed by atoms with Crippen molar-refractivity contribution < 1.29 is 8.42 Å². The van der Waals surface area contributed by atoms with Gasteiger partial charge in [0.1, 0.15) is 4.99 Å². The van der Waals surface area contributed by atoms with Crippen LogP contribution in [0.2, 0.25) is 0 Å². The van der Waals surface area contributed by atoms with Crippen molar-refractivity contribution in [2.75, 3.05) is 17.6 Å². The molecule has 15 heavy (non-hydrogen) atoms. The van der Waals surface area contributed by atoms with Crippen molar-refractivity contribution in [3.8, 4) is 0 Å². The number of sulfonamides is 1. The number of hydrogen-bond donors (Lipinski definition) is 1. The van der Waals surface area contributed by atoms with Gasteiger partial charge in [0.15, 0.2) is 0 Å². The van der Waals surface area contributed by atoms with Crippen LogP contribution in [0.15, 0.2) is 24.3 Å². The van der Waals surface area contributed by atoms with E-state index >= 15 is 0 Å². The lowest BCUT2D eigenvalue weighted by Gasteiger charge is -2.16. The highest BCUT2D eigenvalue weighted by molar-refractivity contribution is 7.92. The summed E-state index contributed by atoms with van der Waals surface area (Å²) in [4.78, 5) is 0.295. The molecule has 0 atom stereocenters. The van der Waals surface area contributed by atoms with Crippen LogP contribution in [-0.2, 0) is 10.0 Å². The first-order valence-electron chi connectivity index (χ1n) is 4.16. The van der Waals surface area contributed by atoms with E-state index < -0.39 is 10.0 Å². The molecule has 0 saturated carbocycles. The van der Waals surface area contributed by atoms with Crippen molar-refractivity contribution >= 4 is 32.9 Å². The maximum absolute atomic E-state index is 11.2. The maximum Gasteiger partial charge on any atom is 0.231 e. The number of hydrogen-bond acceptors (Lipinski definition) is 3. The first-order chi connectivity index (χ1) is 6.82. The minimum atomic E-state index is -3.22. The number of thiocarbonyl (C=S) groups is 1. The fraction of sp³-hybridized carbons (Fsp3) is 0.222. The molecule has 2 N–H and O–H groups in total. The van der Waals surface area contributed by atoms with E-state index in [1.165, 1.54) is 11.4 Å². The number of benzene rings is 1. The van der Waals surface area contributed by atoms with Gasteiger partial charge >= 0.3 is 0 Å². The molecule has 82 valence electrons. The van der Waals surface area contributed by atoms with E-state index in [1.54, 1.807) is 24.3 Å². The molecular weight excluding hydrogens is 232 g/mol.